The first-order valence-corrected chi connectivity index (χ1v) is 10.7. The van der Waals surface area contributed by atoms with Crippen LogP contribution in [0.25, 0.3) is 16.6 Å². The molecule has 0 radical (unpaired) electrons. The molecule has 30 heavy (non-hydrogen) atoms. The molecule has 2 N–H and O–H groups in total. The van der Waals surface area contributed by atoms with Gasteiger partial charge in [0.2, 0.25) is 0 Å². The lowest BCUT2D eigenvalue weighted by Crippen LogP contribution is -2.15. The van der Waals surface area contributed by atoms with Crippen molar-refractivity contribution in [2.75, 3.05) is 12.4 Å². The Labute approximate surface area is 173 Å². The number of ether oxygens (including phenoxy) is 1. The normalized spacial score (nSPS) is 12.3. The van der Waals surface area contributed by atoms with Gasteiger partial charge in [-0.3, -0.25) is 4.79 Å². The number of hydrogen-bond donors (Lipinski definition) is 2. The molecule has 0 fully saturated rings. The van der Waals surface area contributed by atoms with Crippen LogP contribution in [0.15, 0.2) is 59.2 Å². The van der Waals surface area contributed by atoms with Gasteiger partial charge in [0.05, 0.1) is 28.1 Å². The van der Waals surface area contributed by atoms with Gasteiger partial charge < -0.3 is 14.8 Å². The summed E-state index contributed by atoms with van der Waals surface area (Å²) >= 11 is 0. The van der Waals surface area contributed by atoms with Gasteiger partial charge in [0.25, 0.3) is 0 Å². The summed E-state index contributed by atoms with van der Waals surface area (Å²) in [4.78, 5) is 19.2. The molecule has 0 aliphatic rings. The Morgan fingerprint density at radius 3 is 2.57 bits per heavy atom. The van der Waals surface area contributed by atoms with E-state index >= 15 is 0 Å². The number of fused-ring (bicyclic) bond motifs is 1. The Kier molecular flexibility index (Phi) is 6.18. The number of nitrogens with one attached hydrogen (secondary N) is 1. The molecule has 1 aromatic heterocycles. The van der Waals surface area contributed by atoms with Gasteiger partial charge in [0, 0.05) is 0 Å². The monoisotopic (exact) mass is 425 g/mol. The number of carbonyl (C=O) groups is 1. The lowest BCUT2D eigenvalue weighted by molar-refractivity contribution is -0.142. The number of aryl methyl sites for hydroxylation is 1. The first-order chi connectivity index (χ1) is 14.3. The Hall–Kier alpha value is -3.64. The van der Waals surface area contributed by atoms with Crippen LogP contribution in [-0.4, -0.2) is 41.8 Å². The van der Waals surface area contributed by atoms with Gasteiger partial charge in [-0.05, 0) is 31.2 Å². The SMILES string of the molecule is Cc1ccc(S(=O)(=O)CCC(=O)OC/C(O)=C(/C#N)c2nc3ccccc3[nH]2)cc1. The molecule has 0 unspecified atom stereocenters. The Morgan fingerprint density at radius 2 is 1.90 bits per heavy atom. The van der Waals surface area contributed by atoms with Crippen LogP contribution in [0.2, 0.25) is 0 Å². The summed E-state index contributed by atoms with van der Waals surface area (Å²) in [5.41, 5.74) is 2.07. The average Bonchev–Trinajstić information content (AvgIpc) is 3.15. The number of para-hydroxylation sites is 2. The second kappa shape index (κ2) is 8.80. The predicted molar refractivity (Wildman–Crippen MR) is 110 cm³/mol. The number of nitrogens with zero attached hydrogens (tertiary/aromatic N) is 2. The minimum Gasteiger partial charge on any atom is -0.507 e. The maximum Gasteiger partial charge on any atom is 0.307 e. The van der Waals surface area contributed by atoms with E-state index in [0.717, 1.165) is 5.56 Å². The van der Waals surface area contributed by atoms with Crippen LogP contribution in [0.1, 0.15) is 17.8 Å². The Morgan fingerprint density at radius 1 is 1.20 bits per heavy atom. The van der Waals surface area contributed by atoms with Gasteiger partial charge in [-0.2, -0.15) is 5.26 Å². The van der Waals surface area contributed by atoms with Crippen molar-refractivity contribution >= 4 is 32.4 Å². The number of nitriles is 1. The molecule has 0 aliphatic carbocycles. The van der Waals surface area contributed by atoms with Crippen LogP contribution >= 0.6 is 0 Å². The van der Waals surface area contributed by atoms with Crippen molar-refractivity contribution in [1.82, 2.24) is 9.97 Å². The van der Waals surface area contributed by atoms with Gasteiger partial charge in [0.15, 0.2) is 21.4 Å². The van der Waals surface area contributed by atoms with Crippen LogP contribution in [0.3, 0.4) is 0 Å². The van der Waals surface area contributed by atoms with E-state index in [1.165, 1.54) is 12.1 Å². The lowest BCUT2D eigenvalue weighted by atomic mass is 10.2. The first-order valence-electron chi connectivity index (χ1n) is 9.02. The van der Waals surface area contributed by atoms with E-state index in [1.54, 1.807) is 36.4 Å². The van der Waals surface area contributed by atoms with Crippen molar-refractivity contribution in [2.45, 2.75) is 18.2 Å². The van der Waals surface area contributed by atoms with E-state index in [-0.39, 0.29) is 22.7 Å². The van der Waals surface area contributed by atoms with E-state index in [0.29, 0.717) is 11.0 Å². The minimum atomic E-state index is -3.63. The van der Waals surface area contributed by atoms with Gasteiger partial charge in [-0.1, -0.05) is 29.8 Å². The average molecular weight is 425 g/mol. The van der Waals surface area contributed by atoms with Gasteiger partial charge >= 0.3 is 5.97 Å². The third kappa shape index (κ3) is 4.85. The number of hydrogen-bond acceptors (Lipinski definition) is 7. The van der Waals surface area contributed by atoms with Crippen molar-refractivity contribution in [3.63, 3.8) is 0 Å². The zero-order valence-electron chi connectivity index (χ0n) is 16.1. The highest BCUT2D eigenvalue weighted by Gasteiger charge is 2.18. The maximum absolute atomic E-state index is 12.3. The fourth-order valence-corrected chi connectivity index (χ4v) is 3.92. The molecule has 0 bridgehead atoms. The number of H-pyrrole nitrogens is 1. The van der Waals surface area contributed by atoms with E-state index in [2.05, 4.69) is 9.97 Å². The molecular formula is C21H19N3O5S. The first kappa shape index (κ1) is 21.1. The smallest absolute Gasteiger partial charge is 0.307 e. The van der Waals surface area contributed by atoms with Crippen molar-refractivity contribution in [3.8, 4) is 6.07 Å². The van der Waals surface area contributed by atoms with Gasteiger partial charge in [-0.25, -0.2) is 13.4 Å². The van der Waals surface area contributed by atoms with E-state index in [9.17, 15) is 23.6 Å². The third-order valence-electron chi connectivity index (χ3n) is 4.35. The highest BCUT2D eigenvalue weighted by molar-refractivity contribution is 7.91. The Bertz CT molecular complexity index is 1220. The molecule has 0 aliphatic heterocycles. The number of esters is 1. The number of benzene rings is 2. The van der Waals surface area contributed by atoms with Crippen LogP contribution < -0.4 is 0 Å². The van der Waals surface area contributed by atoms with E-state index in [1.807, 2.05) is 13.0 Å². The number of aliphatic hydroxyl groups is 1. The third-order valence-corrected chi connectivity index (χ3v) is 6.08. The molecule has 1 heterocycles. The van der Waals surface area contributed by atoms with Crippen LogP contribution in [0, 0.1) is 18.3 Å². The molecule has 0 atom stereocenters. The van der Waals surface area contributed by atoms with Gasteiger partial charge in [-0.15, -0.1) is 0 Å². The summed E-state index contributed by atoms with van der Waals surface area (Å²) in [7, 11) is -3.63. The zero-order chi connectivity index (χ0) is 21.7. The molecule has 3 aromatic rings. The van der Waals surface area contributed by atoms with Crippen LogP contribution in [0.5, 0.6) is 0 Å². The number of carbonyl (C=O) groups excluding carboxylic acids is 1. The second-order valence-electron chi connectivity index (χ2n) is 6.58. The Balaban J connectivity index is 1.62. The fraction of sp³-hybridized carbons (Fsp3) is 0.190. The number of aromatic amines is 1. The highest BCUT2D eigenvalue weighted by atomic mass is 32.2. The maximum atomic E-state index is 12.3. The summed E-state index contributed by atoms with van der Waals surface area (Å²) in [6.45, 7) is 1.28. The fourth-order valence-electron chi connectivity index (χ4n) is 2.70. The van der Waals surface area contributed by atoms with Gasteiger partial charge in [0.1, 0.15) is 18.2 Å². The number of allylic oxidation sites excluding steroid dienone is 1. The van der Waals surface area contributed by atoms with E-state index < -0.39 is 33.9 Å². The number of imidazole rings is 1. The summed E-state index contributed by atoms with van der Waals surface area (Å²) in [6, 6.07) is 15.3. The quantitative estimate of drug-likeness (QED) is 0.337. The van der Waals surface area contributed by atoms with E-state index in [4.69, 9.17) is 4.74 Å². The summed E-state index contributed by atoms with van der Waals surface area (Å²) < 4.78 is 29.5. The molecule has 154 valence electrons. The highest BCUT2D eigenvalue weighted by Crippen LogP contribution is 2.19. The number of sulfone groups is 1. The molecule has 8 nitrogen and oxygen atoms in total. The standard InChI is InChI=1S/C21H19N3O5S/c1-14-6-8-15(9-7-14)30(27,28)11-10-20(26)29-13-19(25)16(12-22)21-23-17-4-2-3-5-18(17)24-21/h2-9,25H,10-11,13H2,1H3,(H,23,24)/b19-16+. The number of aliphatic hydroxyl groups excluding tert-OH is 1. The molecule has 3 rings (SSSR count). The molecule has 9 heteroatoms. The largest absolute Gasteiger partial charge is 0.507 e. The van der Waals surface area contributed by atoms with Crippen molar-refractivity contribution in [3.05, 3.63) is 65.7 Å². The summed E-state index contributed by atoms with van der Waals surface area (Å²) in [5.74, 6) is -1.56. The molecular weight excluding hydrogens is 406 g/mol. The molecule has 0 saturated heterocycles. The minimum absolute atomic E-state index is 0.125. The summed E-state index contributed by atoms with van der Waals surface area (Å²) in [5, 5.41) is 19.5. The van der Waals surface area contributed by atoms with Crippen LogP contribution in [0.4, 0.5) is 0 Å². The predicted octanol–water partition coefficient (Wildman–Crippen LogP) is 3.07. The van der Waals surface area contributed by atoms with Crippen LogP contribution in [-0.2, 0) is 19.4 Å². The molecule has 0 amide bonds. The number of aromatic nitrogens is 2. The molecule has 2 aromatic carbocycles. The number of rotatable bonds is 7. The van der Waals surface area contributed by atoms with Crippen molar-refractivity contribution in [2.24, 2.45) is 0 Å². The zero-order valence-corrected chi connectivity index (χ0v) is 16.9. The van der Waals surface area contributed by atoms with Crippen molar-refractivity contribution < 1.29 is 23.1 Å². The molecule has 0 saturated carbocycles. The lowest BCUT2D eigenvalue weighted by Gasteiger charge is -2.07. The van der Waals surface area contributed by atoms with Crippen molar-refractivity contribution in [1.29, 1.82) is 5.26 Å². The topological polar surface area (TPSA) is 133 Å². The molecule has 0 spiro atoms. The summed E-state index contributed by atoms with van der Waals surface area (Å²) in [6.07, 6.45) is -0.379. The second-order valence-corrected chi connectivity index (χ2v) is 8.69.